The zero-order chi connectivity index (χ0) is 24.2. The number of rotatable bonds is 5. The summed E-state index contributed by atoms with van der Waals surface area (Å²) in [5, 5.41) is 1.22. The largest absolute Gasteiger partial charge is 0.361 e. The fraction of sp³-hybridized carbons (Fsp3) is 0.267. The van der Waals surface area contributed by atoms with Crippen molar-refractivity contribution in [3.8, 4) is 22.5 Å². The summed E-state index contributed by atoms with van der Waals surface area (Å²) in [6, 6.07) is 23.6. The molecular weight excluding hydrogens is 512 g/mol. The predicted molar refractivity (Wildman–Crippen MR) is 148 cm³/mol. The Balaban J connectivity index is 1.22. The second kappa shape index (κ2) is 8.63. The van der Waals surface area contributed by atoms with Crippen molar-refractivity contribution in [1.29, 1.82) is 0 Å². The second-order valence-electron chi connectivity index (χ2n) is 10.2. The molecule has 1 saturated heterocycles. The topological polar surface area (TPSA) is 53.9 Å². The lowest BCUT2D eigenvalue weighted by atomic mass is 10.0. The third-order valence-electron chi connectivity index (χ3n) is 7.71. The lowest BCUT2D eigenvalue weighted by molar-refractivity contribution is -0.131. The first kappa shape index (κ1) is 21.9. The first-order valence-electron chi connectivity index (χ1n) is 12.8. The van der Waals surface area contributed by atoms with Gasteiger partial charge in [0.2, 0.25) is 5.91 Å². The van der Waals surface area contributed by atoms with Gasteiger partial charge in [0.05, 0.1) is 11.0 Å². The molecule has 1 unspecified atom stereocenters. The average molecular weight is 539 g/mol. The van der Waals surface area contributed by atoms with Gasteiger partial charge in [-0.05, 0) is 88.0 Å². The van der Waals surface area contributed by atoms with Crippen LogP contribution in [0.2, 0.25) is 0 Å². The van der Waals surface area contributed by atoms with Gasteiger partial charge in [-0.1, -0.05) is 36.4 Å². The zero-order valence-corrected chi connectivity index (χ0v) is 21.5. The molecule has 1 atom stereocenters. The van der Waals surface area contributed by atoms with Gasteiger partial charge in [0.1, 0.15) is 5.82 Å². The Bertz CT molecular complexity index is 1590. The summed E-state index contributed by atoms with van der Waals surface area (Å²) in [5.74, 6) is 2.07. The van der Waals surface area contributed by atoms with E-state index < -0.39 is 0 Å². The number of carbonyl (C=O) groups excluding carboxylic acids is 1. The third kappa shape index (κ3) is 3.84. The van der Waals surface area contributed by atoms with E-state index in [-0.39, 0.29) is 0 Å². The number of amides is 1. The van der Waals surface area contributed by atoms with Crippen LogP contribution in [0, 0.1) is 11.8 Å². The first-order chi connectivity index (χ1) is 17.6. The number of hydrogen-bond acceptors (Lipinski definition) is 2. The molecular formula is C30H27BrN4O. The molecule has 1 amide bonds. The maximum atomic E-state index is 12.6. The van der Waals surface area contributed by atoms with Crippen LogP contribution in [0.1, 0.15) is 19.3 Å². The Morgan fingerprint density at radius 3 is 2.61 bits per heavy atom. The van der Waals surface area contributed by atoms with Crippen LogP contribution in [0.3, 0.4) is 0 Å². The monoisotopic (exact) mass is 538 g/mol. The Hall–Kier alpha value is -3.38. The number of H-pyrrole nitrogens is 1. The van der Waals surface area contributed by atoms with Crippen LogP contribution in [-0.2, 0) is 11.3 Å². The molecule has 2 aromatic heterocycles. The van der Waals surface area contributed by atoms with E-state index in [4.69, 9.17) is 4.98 Å². The zero-order valence-electron chi connectivity index (χ0n) is 20.0. The summed E-state index contributed by atoms with van der Waals surface area (Å²) in [4.78, 5) is 23.0. The fourth-order valence-corrected chi connectivity index (χ4v) is 6.18. The lowest BCUT2D eigenvalue weighted by Crippen LogP contribution is -2.30. The second-order valence-corrected chi connectivity index (χ2v) is 11.1. The molecule has 2 fully saturated rings. The molecule has 7 rings (SSSR count). The van der Waals surface area contributed by atoms with Crippen molar-refractivity contribution in [2.45, 2.75) is 25.8 Å². The van der Waals surface area contributed by atoms with E-state index in [0.29, 0.717) is 17.7 Å². The van der Waals surface area contributed by atoms with Gasteiger partial charge in [-0.15, -0.1) is 0 Å². The average Bonchev–Trinajstić information content (AvgIpc) is 3.29. The molecule has 1 N–H and O–H groups in total. The van der Waals surface area contributed by atoms with Crippen molar-refractivity contribution in [2.24, 2.45) is 11.8 Å². The summed E-state index contributed by atoms with van der Waals surface area (Å²) < 4.78 is 3.41. The van der Waals surface area contributed by atoms with E-state index in [1.807, 2.05) is 12.3 Å². The number of aromatic amines is 1. The van der Waals surface area contributed by atoms with Crippen LogP contribution in [0.4, 0.5) is 0 Å². The molecule has 0 bridgehead atoms. The molecule has 1 aliphatic carbocycles. The standard InChI is InChI=1S/C30H27BrN4O/c31-25-2-1-3-27-28(25)35(18-19-13-15-34(17-19)30(36)22-8-9-22)29(33-27)21-6-4-20(5-7-21)23-10-11-26-24(16-23)12-14-32-26/h1-7,10-12,14,16,19,22,32H,8-9,13,15,17-18H2. The first-order valence-corrected chi connectivity index (χ1v) is 13.5. The van der Waals surface area contributed by atoms with Crippen LogP contribution in [0.5, 0.6) is 0 Å². The third-order valence-corrected chi connectivity index (χ3v) is 8.35. The maximum Gasteiger partial charge on any atom is 0.225 e. The summed E-state index contributed by atoms with van der Waals surface area (Å²) in [5.41, 5.74) is 6.77. The summed E-state index contributed by atoms with van der Waals surface area (Å²) >= 11 is 3.78. The van der Waals surface area contributed by atoms with E-state index in [9.17, 15) is 4.79 Å². The number of likely N-dealkylation sites (tertiary alicyclic amines) is 1. The Labute approximate surface area is 218 Å². The van der Waals surface area contributed by atoms with Gasteiger partial charge in [-0.3, -0.25) is 4.79 Å². The van der Waals surface area contributed by atoms with Gasteiger partial charge in [-0.2, -0.15) is 0 Å². The predicted octanol–water partition coefficient (Wildman–Crippen LogP) is 6.87. The Morgan fingerprint density at radius 2 is 1.78 bits per heavy atom. The number of nitrogens with zero attached hydrogens (tertiary/aromatic N) is 3. The Kier molecular flexibility index (Phi) is 5.24. The number of para-hydroxylation sites is 1. The number of benzene rings is 3. The van der Waals surface area contributed by atoms with Crippen LogP contribution < -0.4 is 0 Å². The van der Waals surface area contributed by atoms with E-state index in [1.54, 1.807) is 0 Å². The molecule has 180 valence electrons. The normalized spacial score (nSPS) is 17.9. The maximum absolute atomic E-state index is 12.6. The van der Waals surface area contributed by atoms with E-state index in [2.05, 4.69) is 91.0 Å². The highest BCUT2D eigenvalue weighted by Crippen LogP contribution is 2.35. The highest BCUT2D eigenvalue weighted by atomic mass is 79.9. The molecule has 3 heterocycles. The van der Waals surface area contributed by atoms with Gasteiger partial charge < -0.3 is 14.5 Å². The molecule has 36 heavy (non-hydrogen) atoms. The number of imidazole rings is 1. The molecule has 1 saturated carbocycles. The minimum atomic E-state index is 0.291. The Morgan fingerprint density at radius 1 is 0.972 bits per heavy atom. The molecule has 5 aromatic rings. The highest BCUT2D eigenvalue weighted by molar-refractivity contribution is 9.10. The van der Waals surface area contributed by atoms with Crippen LogP contribution in [0.25, 0.3) is 44.5 Å². The number of hydrogen-bond donors (Lipinski definition) is 1. The molecule has 0 spiro atoms. The molecule has 5 nitrogen and oxygen atoms in total. The number of halogens is 1. The van der Waals surface area contributed by atoms with E-state index in [1.165, 1.54) is 16.5 Å². The van der Waals surface area contributed by atoms with Gasteiger partial charge in [0.25, 0.3) is 0 Å². The van der Waals surface area contributed by atoms with Crippen LogP contribution >= 0.6 is 15.9 Å². The van der Waals surface area contributed by atoms with Crippen molar-refractivity contribution >= 4 is 43.8 Å². The summed E-state index contributed by atoms with van der Waals surface area (Å²) in [6.45, 7) is 2.58. The summed E-state index contributed by atoms with van der Waals surface area (Å²) in [6.07, 6.45) is 5.16. The van der Waals surface area contributed by atoms with E-state index >= 15 is 0 Å². The fourth-order valence-electron chi connectivity index (χ4n) is 5.61. The number of fused-ring (bicyclic) bond motifs is 2. The van der Waals surface area contributed by atoms with Gasteiger partial charge in [0.15, 0.2) is 0 Å². The van der Waals surface area contributed by atoms with Crippen molar-refractivity contribution in [2.75, 3.05) is 13.1 Å². The molecule has 2 aliphatic rings. The molecule has 3 aromatic carbocycles. The van der Waals surface area contributed by atoms with Crippen LogP contribution in [0.15, 0.2) is 77.4 Å². The number of nitrogens with one attached hydrogen (secondary N) is 1. The van der Waals surface area contributed by atoms with Crippen molar-refractivity contribution in [3.63, 3.8) is 0 Å². The summed E-state index contributed by atoms with van der Waals surface area (Å²) in [7, 11) is 0. The van der Waals surface area contributed by atoms with Crippen LogP contribution in [-0.4, -0.2) is 38.4 Å². The molecule has 0 radical (unpaired) electrons. The molecule has 1 aliphatic heterocycles. The van der Waals surface area contributed by atoms with Crippen molar-refractivity contribution in [3.05, 3.63) is 77.4 Å². The van der Waals surface area contributed by atoms with E-state index in [0.717, 1.165) is 71.3 Å². The highest BCUT2D eigenvalue weighted by Gasteiger charge is 2.36. The van der Waals surface area contributed by atoms with Crippen molar-refractivity contribution < 1.29 is 4.79 Å². The smallest absolute Gasteiger partial charge is 0.225 e. The number of aromatic nitrogens is 3. The minimum absolute atomic E-state index is 0.291. The van der Waals surface area contributed by atoms with Gasteiger partial charge in [-0.25, -0.2) is 4.98 Å². The SMILES string of the molecule is O=C(C1CC1)N1CCC(Cn2c(-c3ccc(-c4ccc5[nH]ccc5c4)cc3)nc3cccc(Br)c32)C1. The minimum Gasteiger partial charge on any atom is -0.361 e. The van der Waals surface area contributed by atoms with Gasteiger partial charge >= 0.3 is 0 Å². The van der Waals surface area contributed by atoms with Crippen molar-refractivity contribution in [1.82, 2.24) is 19.4 Å². The van der Waals surface area contributed by atoms with Gasteiger partial charge in [0, 0.05) is 47.3 Å². The lowest BCUT2D eigenvalue weighted by Gasteiger charge is -2.18. The molecule has 6 heteroatoms. The quantitative estimate of drug-likeness (QED) is 0.265. The number of carbonyl (C=O) groups is 1.